The third kappa shape index (κ3) is 3.65. The van der Waals surface area contributed by atoms with Gasteiger partial charge in [0.25, 0.3) is 0 Å². The maximum absolute atomic E-state index is 3.63. The van der Waals surface area contributed by atoms with Gasteiger partial charge in [-0.2, -0.15) is 0 Å². The minimum atomic E-state index is 0.309. The first-order chi connectivity index (χ1) is 8.87. The van der Waals surface area contributed by atoms with E-state index in [0.717, 1.165) is 25.6 Å². The highest BCUT2D eigenvalue weighted by Gasteiger charge is 2.27. The highest BCUT2D eigenvalue weighted by atomic mass is 15.2. The van der Waals surface area contributed by atoms with Crippen molar-refractivity contribution in [3.8, 4) is 0 Å². The molecule has 2 nitrogen and oxygen atoms in total. The summed E-state index contributed by atoms with van der Waals surface area (Å²) in [5.74, 6) is 0.758. The molecule has 1 aromatic rings. The molecule has 0 aromatic heterocycles. The SMILES string of the molecule is Cc1ccc2c(c1)NCC(C)(C)CN2CCC(C)C. The fourth-order valence-corrected chi connectivity index (χ4v) is 2.67. The monoisotopic (exact) mass is 260 g/mol. The van der Waals surface area contributed by atoms with E-state index in [4.69, 9.17) is 0 Å². The lowest BCUT2D eigenvalue weighted by Gasteiger charge is -2.31. The Labute approximate surface area is 118 Å². The molecule has 0 spiro atoms. The normalized spacial score (nSPS) is 17.9. The van der Waals surface area contributed by atoms with Gasteiger partial charge in [0.1, 0.15) is 0 Å². The molecule has 0 aliphatic carbocycles. The first-order valence-electron chi connectivity index (χ1n) is 7.47. The number of hydrogen-bond acceptors (Lipinski definition) is 2. The lowest BCUT2D eigenvalue weighted by Crippen LogP contribution is -2.36. The van der Waals surface area contributed by atoms with Crippen LogP contribution in [0.25, 0.3) is 0 Å². The van der Waals surface area contributed by atoms with E-state index in [9.17, 15) is 0 Å². The Bertz CT molecular complexity index is 435. The van der Waals surface area contributed by atoms with Gasteiger partial charge < -0.3 is 10.2 Å². The van der Waals surface area contributed by atoms with Crippen LogP contribution in [0.3, 0.4) is 0 Å². The summed E-state index contributed by atoms with van der Waals surface area (Å²) in [6.07, 6.45) is 1.25. The van der Waals surface area contributed by atoms with Gasteiger partial charge in [0, 0.05) is 19.6 Å². The van der Waals surface area contributed by atoms with Crippen LogP contribution in [-0.4, -0.2) is 19.6 Å². The summed E-state index contributed by atoms with van der Waals surface area (Å²) in [4.78, 5) is 2.56. The summed E-state index contributed by atoms with van der Waals surface area (Å²) in [5.41, 5.74) is 4.31. The van der Waals surface area contributed by atoms with Crippen LogP contribution in [0, 0.1) is 18.3 Å². The molecule has 0 saturated carbocycles. The molecule has 1 aliphatic rings. The van der Waals surface area contributed by atoms with Gasteiger partial charge in [-0.1, -0.05) is 33.8 Å². The minimum absolute atomic E-state index is 0.309. The van der Waals surface area contributed by atoms with E-state index in [1.165, 1.54) is 23.4 Å². The molecule has 106 valence electrons. The Balaban J connectivity index is 2.27. The summed E-state index contributed by atoms with van der Waals surface area (Å²) in [5, 5.41) is 3.63. The van der Waals surface area contributed by atoms with Crippen molar-refractivity contribution in [1.82, 2.24) is 0 Å². The fraction of sp³-hybridized carbons (Fsp3) is 0.647. The van der Waals surface area contributed by atoms with E-state index in [-0.39, 0.29) is 0 Å². The van der Waals surface area contributed by atoms with Gasteiger partial charge >= 0.3 is 0 Å². The standard InChI is InChI=1S/C17H28N2/c1-13(2)8-9-19-12-17(4,5)11-18-15-10-14(3)6-7-16(15)19/h6-7,10,13,18H,8-9,11-12H2,1-5H3. The molecule has 0 saturated heterocycles. The predicted molar refractivity (Wildman–Crippen MR) is 85.1 cm³/mol. The van der Waals surface area contributed by atoms with E-state index in [1.54, 1.807) is 0 Å². The van der Waals surface area contributed by atoms with E-state index >= 15 is 0 Å². The van der Waals surface area contributed by atoms with Crippen LogP contribution < -0.4 is 10.2 Å². The van der Waals surface area contributed by atoms with Crippen LogP contribution in [0.4, 0.5) is 11.4 Å². The minimum Gasteiger partial charge on any atom is -0.383 e. The molecule has 1 heterocycles. The highest BCUT2D eigenvalue weighted by Crippen LogP contribution is 2.34. The zero-order chi connectivity index (χ0) is 14.0. The van der Waals surface area contributed by atoms with E-state index in [2.05, 4.69) is 63.0 Å². The number of anilines is 2. The summed E-state index contributed by atoms with van der Waals surface area (Å²) < 4.78 is 0. The van der Waals surface area contributed by atoms with Crippen LogP contribution in [0.1, 0.15) is 39.7 Å². The predicted octanol–water partition coefficient (Wildman–Crippen LogP) is 4.30. The molecule has 0 amide bonds. The zero-order valence-electron chi connectivity index (χ0n) is 13.1. The number of hydrogen-bond donors (Lipinski definition) is 1. The molecule has 1 N–H and O–H groups in total. The van der Waals surface area contributed by atoms with Gasteiger partial charge in [0.2, 0.25) is 0 Å². The maximum atomic E-state index is 3.63. The Morgan fingerprint density at radius 1 is 1.32 bits per heavy atom. The van der Waals surface area contributed by atoms with Crippen LogP contribution in [0.15, 0.2) is 18.2 Å². The van der Waals surface area contributed by atoms with Crippen LogP contribution in [0.5, 0.6) is 0 Å². The first kappa shape index (κ1) is 14.2. The van der Waals surface area contributed by atoms with Crippen molar-refractivity contribution >= 4 is 11.4 Å². The highest BCUT2D eigenvalue weighted by molar-refractivity contribution is 5.72. The molecule has 0 atom stereocenters. The second kappa shape index (κ2) is 5.44. The second-order valence-corrected chi connectivity index (χ2v) is 7.14. The van der Waals surface area contributed by atoms with Crippen molar-refractivity contribution in [3.63, 3.8) is 0 Å². The Morgan fingerprint density at radius 2 is 2.05 bits per heavy atom. The average molecular weight is 260 g/mol. The Kier molecular flexibility index (Phi) is 4.07. The van der Waals surface area contributed by atoms with Crippen molar-refractivity contribution in [3.05, 3.63) is 23.8 Å². The number of aryl methyl sites for hydroxylation is 1. The topological polar surface area (TPSA) is 15.3 Å². The van der Waals surface area contributed by atoms with Crippen LogP contribution >= 0.6 is 0 Å². The summed E-state index contributed by atoms with van der Waals surface area (Å²) >= 11 is 0. The number of nitrogens with zero attached hydrogens (tertiary/aromatic N) is 1. The first-order valence-corrected chi connectivity index (χ1v) is 7.47. The van der Waals surface area contributed by atoms with Crippen molar-refractivity contribution in [2.24, 2.45) is 11.3 Å². The number of rotatable bonds is 3. The zero-order valence-corrected chi connectivity index (χ0v) is 13.1. The lowest BCUT2D eigenvalue weighted by molar-refractivity contribution is 0.390. The van der Waals surface area contributed by atoms with Gasteiger partial charge in [-0.25, -0.2) is 0 Å². The number of benzene rings is 1. The molecule has 2 heteroatoms. The number of fused-ring (bicyclic) bond motifs is 1. The third-order valence-electron chi connectivity index (χ3n) is 3.85. The molecule has 1 aromatic carbocycles. The van der Waals surface area contributed by atoms with Crippen molar-refractivity contribution in [2.75, 3.05) is 29.9 Å². The third-order valence-corrected chi connectivity index (χ3v) is 3.85. The molecular weight excluding hydrogens is 232 g/mol. The second-order valence-electron chi connectivity index (χ2n) is 7.14. The summed E-state index contributed by atoms with van der Waals surface area (Å²) in [7, 11) is 0. The average Bonchev–Trinajstić information content (AvgIpc) is 2.44. The Morgan fingerprint density at radius 3 is 2.74 bits per heavy atom. The smallest absolute Gasteiger partial charge is 0.0602 e. The van der Waals surface area contributed by atoms with Gasteiger partial charge in [-0.15, -0.1) is 0 Å². The summed E-state index contributed by atoms with van der Waals surface area (Å²) in [6, 6.07) is 6.78. The van der Waals surface area contributed by atoms with Gasteiger partial charge in [-0.05, 0) is 42.4 Å². The lowest BCUT2D eigenvalue weighted by atomic mass is 9.93. The van der Waals surface area contributed by atoms with Gasteiger partial charge in [0.05, 0.1) is 11.4 Å². The molecule has 0 bridgehead atoms. The molecule has 19 heavy (non-hydrogen) atoms. The van der Waals surface area contributed by atoms with Gasteiger partial charge in [0.15, 0.2) is 0 Å². The molecule has 2 rings (SSSR count). The molecule has 1 aliphatic heterocycles. The molecule has 0 radical (unpaired) electrons. The molecule has 0 fully saturated rings. The Hall–Kier alpha value is -1.18. The largest absolute Gasteiger partial charge is 0.383 e. The van der Waals surface area contributed by atoms with Crippen molar-refractivity contribution in [1.29, 1.82) is 0 Å². The maximum Gasteiger partial charge on any atom is 0.0602 e. The van der Waals surface area contributed by atoms with E-state index in [0.29, 0.717) is 5.41 Å². The number of nitrogens with one attached hydrogen (secondary N) is 1. The van der Waals surface area contributed by atoms with E-state index in [1.807, 2.05) is 0 Å². The molecule has 0 unspecified atom stereocenters. The quantitative estimate of drug-likeness (QED) is 0.871. The van der Waals surface area contributed by atoms with E-state index < -0.39 is 0 Å². The fourth-order valence-electron chi connectivity index (χ4n) is 2.67. The van der Waals surface area contributed by atoms with Gasteiger partial charge in [-0.3, -0.25) is 0 Å². The molecular formula is C17H28N2. The van der Waals surface area contributed by atoms with Crippen molar-refractivity contribution < 1.29 is 0 Å². The van der Waals surface area contributed by atoms with Crippen LogP contribution in [-0.2, 0) is 0 Å². The van der Waals surface area contributed by atoms with Crippen molar-refractivity contribution in [2.45, 2.75) is 41.0 Å². The summed E-state index contributed by atoms with van der Waals surface area (Å²) in [6.45, 7) is 14.8. The van der Waals surface area contributed by atoms with Crippen LogP contribution in [0.2, 0.25) is 0 Å².